The van der Waals surface area contributed by atoms with Crippen LogP contribution in [0.5, 0.6) is 0 Å². The van der Waals surface area contributed by atoms with E-state index in [1.807, 2.05) is 32.0 Å². The molecule has 0 heterocycles. The van der Waals surface area contributed by atoms with Crippen molar-refractivity contribution >= 4 is 46.9 Å². The average Bonchev–Trinajstić information content (AvgIpc) is 2.97. The van der Waals surface area contributed by atoms with E-state index in [4.69, 9.17) is 9.94 Å². The van der Waals surface area contributed by atoms with Gasteiger partial charge in [0, 0.05) is 17.3 Å². The van der Waals surface area contributed by atoms with Gasteiger partial charge in [0.25, 0.3) is 11.8 Å². The summed E-state index contributed by atoms with van der Waals surface area (Å²) >= 11 is 1.55. The van der Waals surface area contributed by atoms with Crippen molar-refractivity contribution in [3.8, 4) is 0 Å². The number of carboxylic acids is 2. The number of hydroxylamine groups is 1. The van der Waals surface area contributed by atoms with Gasteiger partial charge in [-0.15, -0.1) is 11.8 Å². The summed E-state index contributed by atoms with van der Waals surface area (Å²) in [5.74, 6) is -3.14. The molecule has 0 radical (unpaired) electrons. The molecule has 0 saturated carbocycles. The smallest absolute Gasteiger partial charge is 0.339 e. The molecule has 5 N–H and O–H groups in total. The minimum Gasteiger partial charge on any atom is -0.479 e. The Labute approximate surface area is 262 Å². The number of benzene rings is 2. The number of aryl methyl sites for hydroxylation is 4. The molecule has 13 heteroatoms. The second kappa shape index (κ2) is 17.1. The summed E-state index contributed by atoms with van der Waals surface area (Å²) in [6, 6.07) is 11.1. The highest BCUT2D eigenvalue weighted by Crippen LogP contribution is 2.26. The summed E-state index contributed by atoms with van der Waals surface area (Å²) in [5.41, 5.74) is 4.32. The van der Waals surface area contributed by atoms with Crippen LogP contribution in [0.2, 0.25) is 0 Å². The van der Waals surface area contributed by atoms with Gasteiger partial charge in [0.1, 0.15) is 0 Å². The molecule has 0 spiro atoms. The number of aliphatic carboxylic acids is 2. The molecule has 0 aliphatic heterocycles. The zero-order valence-corrected chi connectivity index (χ0v) is 27.1. The third kappa shape index (κ3) is 10.0. The molecule has 2 atom stereocenters. The zero-order chi connectivity index (χ0) is 33.0. The Morgan fingerprint density at radius 2 is 1.45 bits per heavy atom. The molecule has 44 heavy (non-hydrogen) atoms. The lowest BCUT2D eigenvalue weighted by atomic mass is 10.1. The predicted molar refractivity (Wildman–Crippen MR) is 171 cm³/mol. The number of rotatable bonds is 18. The van der Waals surface area contributed by atoms with E-state index in [9.17, 15) is 29.4 Å². The highest BCUT2D eigenvalue weighted by molar-refractivity contribution is 7.99. The molecule has 2 unspecified atom stereocenters. The lowest BCUT2D eigenvalue weighted by Crippen LogP contribution is -2.53. The Morgan fingerprint density at radius 1 is 0.909 bits per heavy atom. The zero-order valence-electron chi connectivity index (χ0n) is 26.3. The minimum atomic E-state index is -2.39. The minimum absolute atomic E-state index is 0.0425. The van der Waals surface area contributed by atoms with Gasteiger partial charge < -0.3 is 25.1 Å². The maximum absolute atomic E-state index is 13.3. The van der Waals surface area contributed by atoms with Crippen molar-refractivity contribution in [1.29, 1.82) is 0 Å². The molecule has 12 nitrogen and oxygen atoms in total. The topological polar surface area (TPSA) is 166 Å². The highest BCUT2D eigenvalue weighted by Gasteiger charge is 2.37. The van der Waals surface area contributed by atoms with Gasteiger partial charge >= 0.3 is 11.9 Å². The molecule has 0 aromatic heterocycles. The summed E-state index contributed by atoms with van der Waals surface area (Å²) in [6.45, 7) is 13.8. The first-order chi connectivity index (χ1) is 20.8. The molecule has 0 fully saturated rings. The van der Waals surface area contributed by atoms with E-state index in [0.717, 1.165) is 41.5 Å². The van der Waals surface area contributed by atoms with Crippen LogP contribution in [0.25, 0.3) is 0 Å². The number of aliphatic hydroxyl groups is 1. The molecule has 0 aliphatic rings. The van der Waals surface area contributed by atoms with Crippen LogP contribution in [0.3, 0.4) is 0 Å². The predicted octanol–water partition coefficient (Wildman–Crippen LogP) is 2.86. The fraction of sp³-hybridized carbons (Fsp3) is 0.484. The molecule has 2 rings (SSSR count). The number of carboxylic acid groups (broad SMARTS) is 2. The van der Waals surface area contributed by atoms with Crippen molar-refractivity contribution in [2.45, 2.75) is 53.8 Å². The fourth-order valence-corrected chi connectivity index (χ4v) is 5.72. The normalized spacial score (nSPS) is 12.8. The third-order valence-electron chi connectivity index (χ3n) is 7.63. The standard InChI is InChI=1S/C31H44N4O8S/c1-7-35(8-2,18-24(36)33-26-20(3)11-9-12-21(26)4)15-16-44-19-32-17-25(37)34(27-22(5)13-10-14-23(27)6)43-29(31(41)42)28(38)30(39)40/h9-14,28-29,32,38H,7-8,15-19H2,1-6H3,(H2-,33,36,39,40,41,42)/p+1. The largest absolute Gasteiger partial charge is 0.479 e. The Balaban J connectivity index is 2.01. The maximum atomic E-state index is 13.3. The van der Waals surface area contributed by atoms with Gasteiger partial charge in [-0.1, -0.05) is 36.4 Å². The second-order valence-corrected chi connectivity index (χ2v) is 11.8. The molecule has 242 valence electrons. The van der Waals surface area contributed by atoms with E-state index in [2.05, 4.69) is 24.5 Å². The van der Waals surface area contributed by atoms with Crippen LogP contribution >= 0.6 is 11.8 Å². The number of nitrogens with one attached hydrogen (secondary N) is 2. The van der Waals surface area contributed by atoms with Crippen molar-refractivity contribution < 1.29 is 43.8 Å². The first-order valence-electron chi connectivity index (χ1n) is 14.5. The van der Waals surface area contributed by atoms with E-state index >= 15 is 0 Å². The number of aliphatic hydroxyl groups excluding tert-OH is 1. The van der Waals surface area contributed by atoms with Gasteiger partial charge in [-0.2, -0.15) is 5.06 Å². The number of amides is 2. The van der Waals surface area contributed by atoms with E-state index in [0.29, 0.717) is 33.8 Å². The molecular weight excluding hydrogens is 588 g/mol. The number of hydrogen-bond acceptors (Lipinski definition) is 8. The van der Waals surface area contributed by atoms with Crippen LogP contribution in [0, 0.1) is 27.7 Å². The van der Waals surface area contributed by atoms with Crippen LogP contribution < -0.4 is 15.7 Å². The van der Waals surface area contributed by atoms with E-state index in [1.54, 1.807) is 43.8 Å². The summed E-state index contributed by atoms with van der Waals surface area (Å²) in [6.07, 6.45) is -4.61. The molecule has 2 aromatic rings. The number of thioether (sulfide) groups is 1. The molecule has 0 bridgehead atoms. The molecular formula is C31H45N4O8S+. The highest BCUT2D eigenvalue weighted by atomic mass is 32.2. The SMILES string of the molecule is CC[N+](CC)(CCSCNCC(=O)N(OC(C(=O)O)C(O)C(=O)O)c1c(C)cccc1C)CC(=O)Nc1c(C)cccc1C. The number of likely N-dealkylation sites (N-methyl/N-ethyl adjacent to an activating group) is 1. The maximum Gasteiger partial charge on any atom is 0.339 e. The van der Waals surface area contributed by atoms with E-state index in [-0.39, 0.29) is 18.1 Å². The molecule has 0 aliphatic carbocycles. The number of carbonyl (C=O) groups is 4. The average molecular weight is 634 g/mol. The Hall–Kier alpha value is -3.49. The summed E-state index contributed by atoms with van der Waals surface area (Å²) < 4.78 is 0.597. The lowest BCUT2D eigenvalue weighted by molar-refractivity contribution is -0.914. The van der Waals surface area contributed by atoms with Crippen molar-refractivity contribution in [2.24, 2.45) is 0 Å². The third-order valence-corrected chi connectivity index (χ3v) is 8.51. The number of anilines is 2. The summed E-state index contributed by atoms with van der Waals surface area (Å²) in [4.78, 5) is 54.6. The van der Waals surface area contributed by atoms with Crippen molar-refractivity contribution in [1.82, 2.24) is 5.32 Å². The molecule has 2 aromatic carbocycles. The van der Waals surface area contributed by atoms with Gasteiger partial charge in [0.2, 0.25) is 6.10 Å². The lowest BCUT2D eigenvalue weighted by Gasteiger charge is -2.36. The number of nitrogens with zero attached hydrogens (tertiary/aromatic N) is 2. The van der Waals surface area contributed by atoms with Crippen LogP contribution in [-0.4, -0.2) is 100 Å². The van der Waals surface area contributed by atoms with Crippen LogP contribution in [0.4, 0.5) is 11.4 Å². The van der Waals surface area contributed by atoms with Crippen molar-refractivity contribution in [3.05, 3.63) is 58.7 Å². The quantitative estimate of drug-likeness (QED) is 0.0713. The number of carbonyl (C=O) groups excluding carboxylic acids is 2. The van der Waals surface area contributed by atoms with Crippen molar-refractivity contribution in [2.75, 3.05) is 54.7 Å². The number of para-hydroxylation sites is 2. The molecule has 0 saturated heterocycles. The fourth-order valence-electron chi connectivity index (χ4n) is 4.81. The first kappa shape index (κ1) is 36.7. The van der Waals surface area contributed by atoms with Gasteiger partial charge in [-0.25, -0.2) is 14.4 Å². The van der Waals surface area contributed by atoms with Gasteiger partial charge in [0.05, 0.1) is 31.9 Å². The number of quaternary nitrogens is 1. The summed E-state index contributed by atoms with van der Waals surface area (Å²) in [7, 11) is 0. The van der Waals surface area contributed by atoms with Crippen LogP contribution in [0.1, 0.15) is 36.1 Å². The Bertz CT molecular complexity index is 1280. The van der Waals surface area contributed by atoms with E-state index < -0.39 is 30.1 Å². The van der Waals surface area contributed by atoms with Gasteiger partial charge in [0.15, 0.2) is 12.6 Å². The molecule has 2 amide bonds. The number of hydrogen-bond donors (Lipinski definition) is 5. The first-order valence-corrected chi connectivity index (χ1v) is 15.6. The van der Waals surface area contributed by atoms with Crippen LogP contribution in [0.15, 0.2) is 36.4 Å². The Kier molecular flexibility index (Phi) is 14.3. The van der Waals surface area contributed by atoms with Crippen LogP contribution in [-0.2, 0) is 24.0 Å². The Morgan fingerprint density at radius 3 is 1.95 bits per heavy atom. The van der Waals surface area contributed by atoms with Crippen molar-refractivity contribution in [3.63, 3.8) is 0 Å². The van der Waals surface area contributed by atoms with Gasteiger partial charge in [-0.05, 0) is 63.8 Å². The van der Waals surface area contributed by atoms with E-state index in [1.165, 1.54) is 0 Å². The second-order valence-electron chi connectivity index (χ2n) is 10.7. The monoisotopic (exact) mass is 633 g/mol. The summed E-state index contributed by atoms with van der Waals surface area (Å²) in [5, 5.41) is 35.4. The van der Waals surface area contributed by atoms with Gasteiger partial charge in [-0.3, -0.25) is 14.9 Å².